The van der Waals surface area contributed by atoms with E-state index in [0.717, 1.165) is 0 Å². The van der Waals surface area contributed by atoms with Crippen LogP contribution in [0.25, 0.3) is 0 Å². The van der Waals surface area contributed by atoms with Gasteiger partial charge < -0.3 is 10.4 Å². The Morgan fingerprint density at radius 3 is 2.46 bits per heavy atom. The van der Waals surface area contributed by atoms with Crippen LogP contribution in [0.1, 0.15) is 27.0 Å². The Hall–Kier alpha value is -2.28. The Morgan fingerprint density at radius 1 is 1.29 bits per heavy atom. The zero-order valence-electron chi connectivity index (χ0n) is 14.0. The average molecular weight is 444 g/mol. The number of aromatic nitrogens is 1. The van der Waals surface area contributed by atoms with E-state index in [1.165, 1.54) is 25.3 Å². The number of carbonyl (C=O) groups is 1. The summed E-state index contributed by atoms with van der Waals surface area (Å²) in [5, 5.41) is 11.6. The van der Waals surface area contributed by atoms with Crippen molar-refractivity contribution in [3.63, 3.8) is 0 Å². The first-order valence-electron chi connectivity index (χ1n) is 7.54. The lowest BCUT2D eigenvalue weighted by Gasteiger charge is -2.17. The van der Waals surface area contributed by atoms with Crippen molar-refractivity contribution in [2.75, 3.05) is 11.1 Å². The van der Waals surface area contributed by atoms with Crippen LogP contribution in [0.2, 0.25) is 0 Å². The van der Waals surface area contributed by atoms with E-state index in [1.54, 1.807) is 0 Å². The maximum Gasteiger partial charge on any atom is 0.458 e. The predicted octanol–water partition coefficient (Wildman–Crippen LogP) is 3.90. The van der Waals surface area contributed by atoms with Gasteiger partial charge in [0.15, 0.2) is 9.84 Å². The largest absolute Gasteiger partial charge is 0.477 e. The van der Waals surface area contributed by atoms with Crippen LogP contribution in [0.15, 0.2) is 29.3 Å². The van der Waals surface area contributed by atoms with Crippen LogP contribution < -0.4 is 5.32 Å². The van der Waals surface area contributed by atoms with Gasteiger partial charge in [0.05, 0.1) is 10.6 Å². The summed E-state index contributed by atoms with van der Waals surface area (Å²) < 4.78 is 88.8. The molecule has 2 rings (SSSR count). The Labute approximate surface area is 159 Å². The van der Waals surface area contributed by atoms with Crippen molar-refractivity contribution in [3.8, 4) is 0 Å². The molecule has 28 heavy (non-hydrogen) atoms. The minimum atomic E-state index is -5.89. The Morgan fingerprint density at radius 2 is 1.93 bits per heavy atom. The van der Waals surface area contributed by atoms with Gasteiger partial charge in [-0.2, -0.15) is 22.0 Å². The van der Waals surface area contributed by atoms with Crippen molar-refractivity contribution in [2.45, 2.75) is 30.5 Å². The lowest BCUT2D eigenvalue weighted by molar-refractivity contribution is -0.287. The number of sulfone groups is 1. The SMILES string of the molecule is CCS(=O)(=O)c1cccnc1NCc1cc(C(F)(F)C(F)(F)F)sc1C(=O)O. The molecule has 2 N–H and O–H groups in total. The van der Waals surface area contributed by atoms with E-state index in [4.69, 9.17) is 5.11 Å². The molecule has 0 amide bonds. The van der Waals surface area contributed by atoms with Gasteiger partial charge in [-0.25, -0.2) is 18.2 Å². The summed E-state index contributed by atoms with van der Waals surface area (Å²) >= 11 is -0.197. The van der Waals surface area contributed by atoms with Gasteiger partial charge in [-0.1, -0.05) is 6.92 Å². The molecule has 0 radical (unpaired) electrons. The van der Waals surface area contributed by atoms with Crippen molar-refractivity contribution in [2.24, 2.45) is 0 Å². The molecule has 0 aliphatic heterocycles. The number of nitrogens with zero attached hydrogens (tertiary/aromatic N) is 1. The maximum atomic E-state index is 13.5. The van der Waals surface area contributed by atoms with Gasteiger partial charge in [0, 0.05) is 12.7 Å². The number of nitrogens with one attached hydrogen (secondary N) is 1. The van der Waals surface area contributed by atoms with Crippen molar-refractivity contribution >= 4 is 33.0 Å². The van der Waals surface area contributed by atoms with Crippen LogP contribution in [0, 0.1) is 0 Å². The Kier molecular flexibility index (Phi) is 5.99. The van der Waals surface area contributed by atoms with E-state index >= 15 is 0 Å². The molecular formula is C15H13F5N2O4S2. The molecule has 0 aliphatic carbocycles. The highest BCUT2D eigenvalue weighted by molar-refractivity contribution is 7.91. The molecule has 2 aromatic heterocycles. The smallest absolute Gasteiger partial charge is 0.458 e. The van der Waals surface area contributed by atoms with Gasteiger partial charge in [-0.15, -0.1) is 11.3 Å². The standard InChI is InChI=1S/C15H13F5N2O4S2/c1-2-28(25,26)9-4-3-5-21-12(9)22-7-8-6-10(27-11(8)13(23)24)14(16,17)15(18,19)20/h3-6H,2,7H2,1H3,(H,21,22)(H,23,24). The second-order valence-electron chi connectivity index (χ2n) is 5.45. The fourth-order valence-electron chi connectivity index (χ4n) is 2.14. The van der Waals surface area contributed by atoms with E-state index in [-0.39, 0.29) is 33.4 Å². The zero-order chi connectivity index (χ0) is 21.3. The minimum absolute atomic E-state index is 0.170. The number of anilines is 1. The van der Waals surface area contributed by atoms with Crippen LogP contribution in [-0.2, 0) is 22.3 Å². The zero-order valence-corrected chi connectivity index (χ0v) is 15.7. The Balaban J connectivity index is 2.40. The molecule has 13 heteroatoms. The number of carboxylic acids is 1. The summed E-state index contributed by atoms with van der Waals surface area (Å²) in [7, 11) is -3.70. The lowest BCUT2D eigenvalue weighted by Crippen LogP contribution is -2.32. The Bertz CT molecular complexity index is 987. The maximum absolute atomic E-state index is 13.5. The quantitative estimate of drug-likeness (QED) is 0.629. The first kappa shape index (κ1) is 22.0. The summed E-state index contributed by atoms with van der Waals surface area (Å²) in [5.41, 5.74) is -0.359. The second kappa shape index (κ2) is 7.62. The van der Waals surface area contributed by atoms with Gasteiger partial charge in [0.1, 0.15) is 15.6 Å². The van der Waals surface area contributed by atoms with Crippen LogP contribution in [0.4, 0.5) is 27.8 Å². The summed E-state index contributed by atoms with van der Waals surface area (Å²) in [6.07, 6.45) is -4.65. The van der Waals surface area contributed by atoms with E-state index in [9.17, 15) is 35.2 Å². The average Bonchev–Trinajstić information content (AvgIpc) is 3.04. The number of aromatic carboxylic acids is 1. The number of alkyl halides is 5. The minimum Gasteiger partial charge on any atom is -0.477 e. The number of carboxylic acid groups (broad SMARTS) is 1. The molecule has 0 unspecified atom stereocenters. The highest BCUT2D eigenvalue weighted by atomic mass is 32.2. The summed E-state index contributed by atoms with van der Waals surface area (Å²) in [6.45, 7) is 0.869. The van der Waals surface area contributed by atoms with Crippen molar-refractivity contribution < 1.29 is 40.3 Å². The van der Waals surface area contributed by atoms with Crippen molar-refractivity contribution in [1.29, 1.82) is 0 Å². The topological polar surface area (TPSA) is 96.4 Å². The summed E-state index contributed by atoms with van der Waals surface area (Å²) in [4.78, 5) is 12.7. The first-order valence-corrected chi connectivity index (χ1v) is 10.0. The van der Waals surface area contributed by atoms with Crippen molar-refractivity contribution in [3.05, 3.63) is 39.7 Å². The molecule has 2 aromatic rings. The number of hydrogen-bond acceptors (Lipinski definition) is 6. The fraction of sp³-hybridized carbons (Fsp3) is 0.333. The van der Waals surface area contributed by atoms with Crippen LogP contribution in [-0.4, -0.2) is 36.4 Å². The van der Waals surface area contributed by atoms with Crippen LogP contribution >= 0.6 is 11.3 Å². The molecule has 0 saturated heterocycles. The fourth-order valence-corrected chi connectivity index (χ4v) is 4.18. The third kappa shape index (κ3) is 4.24. The third-order valence-electron chi connectivity index (χ3n) is 3.60. The molecule has 6 nitrogen and oxygen atoms in total. The van der Waals surface area contributed by atoms with Crippen LogP contribution in [0.5, 0.6) is 0 Å². The molecule has 0 atom stereocenters. The highest BCUT2D eigenvalue weighted by Gasteiger charge is 2.60. The van der Waals surface area contributed by atoms with Gasteiger partial charge in [-0.05, 0) is 23.8 Å². The molecule has 0 aliphatic rings. The monoisotopic (exact) mass is 444 g/mol. The highest BCUT2D eigenvalue weighted by Crippen LogP contribution is 2.47. The first-order chi connectivity index (χ1) is 12.8. The lowest BCUT2D eigenvalue weighted by atomic mass is 10.2. The van der Waals surface area contributed by atoms with Gasteiger partial charge in [-0.3, -0.25) is 0 Å². The molecule has 0 spiro atoms. The number of thiophene rings is 1. The molecule has 0 saturated carbocycles. The predicted molar refractivity (Wildman–Crippen MR) is 90.5 cm³/mol. The van der Waals surface area contributed by atoms with E-state index in [2.05, 4.69) is 10.3 Å². The van der Waals surface area contributed by atoms with Crippen molar-refractivity contribution in [1.82, 2.24) is 4.98 Å². The number of halogens is 5. The summed E-state index contributed by atoms with van der Waals surface area (Å²) in [5.74, 6) is -7.33. The molecule has 2 heterocycles. The van der Waals surface area contributed by atoms with Gasteiger partial charge in [0.25, 0.3) is 0 Å². The van der Waals surface area contributed by atoms with Gasteiger partial charge >= 0.3 is 18.1 Å². The number of hydrogen-bond donors (Lipinski definition) is 2. The second-order valence-corrected chi connectivity index (χ2v) is 8.75. The van der Waals surface area contributed by atoms with E-state index < -0.39 is 44.2 Å². The summed E-state index contributed by atoms with van der Waals surface area (Å²) in [6, 6.07) is 3.03. The van der Waals surface area contributed by atoms with Crippen LogP contribution in [0.3, 0.4) is 0 Å². The van der Waals surface area contributed by atoms with E-state index in [1.807, 2.05) is 0 Å². The van der Waals surface area contributed by atoms with Gasteiger partial charge in [0.2, 0.25) is 0 Å². The molecule has 0 fully saturated rings. The molecular weight excluding hydrogens is 431 g/mol. The third-order valence-corrected chi connectivity index (χ3v) is 6.60. The molecule has 0 bridgehead atoms. The van der Waals surface area contributed by atoms with E-state index in [0.29, 0.717) is 6.07 Å². The number of rotatable bonds is 7. The molecule has 154 valence electrons. The normalized spacial score (nSPS) is 12.8. The molecule has 0 aromatic carbocycles. The number of pyridine rings is 1.